The SMILES string of the molecule is CCC(Br)C(=O)NCC1(O)CCCCC1. The number of amides is 1. The largest absolute Gasteiger partial charge is 0.388 e. The van der Waals surface area contributed by atoms with Gasteiger partial charge in [0, 0.05) is 6.54 Å². The van der Waals surface area contributed by atoms with Crippen LogP contribution in [0.15, 0.2) is 0 Å². The molecule has 0 spiro atoms. The van der Waals surface area contributed by atoms with Crippen LogP contribution >= 0.6 is 15.9 Å². The van der Waals surface area contributed by atoms with Crippen molar-refractivity contribution >= 4 is 21.8 Å². The average Bonchev–Trinajstić information content (AvgIpc) is 2.26. The molecule has 1 atom stereocenters. The lowest BCUT2D eigenvalue weighted by molar-refractivity contribution is -0.122. The van der Waals surface area contributed by atoms with Gasteiger partial charge >= 0.3 is 0 Å². The summed E-state index contributed by atoms with van der Waals surface area (Å²) in [6, 6.07) is 0. The normalized spacial score (nSPS) is 22.1. The van der Waals surface area contributed by atoms with Crippen LogP contribution in [0.5, 0.6) is 0 Å². The monoisotopic (exact) mass is 277 g/mol. The van der Waals surface area contributed by atoms with Crippen LogP contribution in [0.2, 0.25) is 0 Å². The van der Waals surface area contributed by atoms with E-state index in [4.69, 9.17) is 0 Å². The van der Waals surface area contributed by atoms with Crippen molar-refractivity contribution in [2.45, 2.75) is 55.9 Å². The van der Waals surface area contributed by atoms with Crippen LogP contribution in [0.25, 0.3) is 0 Å². The Kier molecular flexibility index (Phi) is 5.06. The second-order valence-electron chi connectivity index (χ2n) is 4.38. The number of carbonyl (C=O) groups is 1. The molecule has 0 bridgehead atoms. The van der Waals surface area contributed by atoms with Crippen LogP contribution in [0.4, 0.5) is 0 Å². The molecule has 1 aliphatic carbocycles. The van der Waals surface area contributed by atoms with Crippen molar-refractivity contribution in [2.75, 3.05) is 6.54 Å². The van der Waals surface area contributed by atoms with Gasteiger partial charge in [-0.05, 0) is 19.3 Å². The molecule has 88 valence electrons. The lowest BCUT2D eigenvalue weighted by atomic mass is 9.85. The summed E-state index contributed by atoms with van der Waals surface area (Å²) in [6.07, 6.45) is 5.73. The molecule has 3 nitrogen and oxygen atoms in total. The number of nitrogens with one attached hydrogen (secondary N) is 1. The molecule has 1 aliphatic rings. The summed E-state index contributed by atoms with van der Waals surface area (Å²) < 4.78 is 0. The van der Waals surface area contributed by atoms with Crippen molar-refractivity contribution in [3.63, 3.8) is 0 Å². The van der Waals surface area contributed by atoms with Gasteiger partial charge in [-0.15, -0.1) is 0 Å². The molecule has 4 heteroatoms. The molecule has 0 aromatic rings. The highest BCUT2D eigenvalue weighted by atomic mass is 79.9. The first-order valence-corrected chi connectivity index (χ1v) is 6.63. The molecule has 1 unspecified atom stereocenters. The molecule has 1 saturated carbocycles. The summed E-state index contributed by atoms with van der Waals surface area (Å²) in [5.41, 5.74) is -0.658. The third kappa shape index (κ3) is 4.11. The maximum absolute atomic E-state index is 11.5. The van der Waals surface area contributed by atoms with Gasteiger partial charge in [0.1, 0.15) is 0 Å². The van der Waals surface area contributed by atoms with Crippen LogP contribution < -0.4 is 5.32 Å². The van der Waals surface area contributed by atoms with Crippen LogP contribution in [0.1, 0.15) is 45.4 Å². The summed E-state index contributed by atoms with van der Waals surface area (Å²) >= 11 is 3.29. The summed E-state index contributed by atoms with van der Waals surface area (Å²) in [6.45, 7) is 2.35. The number of hydrogen-bond donors (Lipinski definition) is 2. The lowest BCUT2D eigenvalue weighted by Gasteiger charge is -2.32. The fourth-order valence-corrected chi connectivity index (χ4v) is 2.10. The zero-order chi connectivity index (χ0) is 11.3. The van der Waals surface area contributed by atoms with Gasteiger partial charge in [0.05, 0.1) is 10.4 Å². The van der Waals surface area contributed by atoms with E-state index in [0.29, 0.717) is 6.54 Å². The minimum Gasteiger partial charge on any atom is -0.388 e. The van der Waals surface area contributed by atoms with Gasteiger partial charge in [0.2, 0.25) is 5.91 Å². The second kappa shape index (κ2) is 5.85. The van der Waals surface area contributed by atoms with Crippen LogP contribution in [0.3, 0.4) is 0 Å². The second-order valence-corrected chi connectivity index (χ2v) is 5.48. The fraction of sp³-hybridized carbons (Fsp3) is 0.909. The van der Waals surface area contributed by atoms with Crippen molar-refractivity contribution in [2.24, 2.45) is 0 Å². The van der Waals surface area contributed by atoms with Crippen molar-refractivity contribution < 1.29 is 9.90 Å². The standard InChI is InChI=1S/C11H20BrNO2/c1-2-9(12)10(14)13-8-11(15)6-4-3-5-7-11/h9,15H,2-8H2,1H3,(H,13,14). The number of hydrogen-bond acceptors (Lipinski definition) is 2. The third-order valence-corrected chi connectivity index (χ3v) is 4.08. The molecule has 1 amide bonds. The minimum atomic E-state index is -0.658. The smallest absolute Gasteiger partial charge is 0.233 e. The zero-order valence-electron chi connectivity index (χ0n) is 9.26. The molecule has 0 saturated heterocycles. The fourth-order valence-electron chi connectivity index (χ4n) is 1.93. The van der Waals surface area contributed by atoms with Gasteiger partial charge in [-0.1, -0.05) is 42.1 Å². The Hall–Kier alpha value is -0.0900. The first-order chi connectivity index (χ1) is 7.07. The molecule has 2 N–H and O–H groups in total. The van der Waals surface area contributed by atoms with Gasteiger partial charge in [-0.25, -0.2) is 0 Å². The summed E-state index contributed by atoms with van der Waals surface area (Å²) in [7, 11) is 0. The maximum atomic E-state index is 11.5. The van der Waals surface area contributed by atoms with E-state index in [9.17, 15) is 9.90 Å². The Morgan fingerprint density at radius 3 is 2.60 bits per heavy atom. The van der Waals surface area contributed by atoms with E-state index in [1.54, 1.807) is 0 Å². The molecule has 15 heavy (non-hydrogen) atoms. The molecule has 0 aromatic carbocycles. The predicted octanol–water partition coefficient (Wildman–Crippen LogP) is 1.97. The van der Waals surface area contributed by atoms with Crippen LogP contribution in [0, 0.1) is 0 Å². The van der Waals surface area contributed by atoms with E-state index < -0.39 is 5.60 Å². The highest BCUT2D eigenvalue weighted by molar-refractivity contribution is 9.10. The predicted molar refractivity (Wildman–Crippen MR) is 64.1 cm³/mol. The number of carbonyl (C=O) groups excluding carboxylic acids is 1. The van der Waals surface area contributed by atoms with Gasteiger partial charge in [0.15, 0.2) is 0 Å². The van der Waals surface area contributed by atoms with Gasteiger partial charge < -0.3 is 10.4 Å². The molecule has 0 radical (unpaired) electrons. The Bertz CT molecular complexity index is 215. The van der Waals surface area contributed by atoms with E-state index in [1.165, 1.54) is 6.42 Å². The first kappa shape index (κ1) is 13.0. The first-order valence-electron chi connectivity index (χ1n) is 5.71. The third-order valence-electron chi connectivity index (χ3n) is 3.02. The maximum Gasteiger partial charge on any atom is 0.233 e. The summed E-state index contributed by atoms with van der Waals surface area (Å²) in [4.78, 5) is 11.4. The van der Waals surface area contributed by atoms with E-state index in [-0.39, 0.29) is 10.7 Å². The molecule has 1 rings (SSSR count). The lowest BCUT2D eigenvalue weighted by Crippen LogP contribution is -2.46. The number of alkyl halides is 1. The van der Waals surface area contributed by atoms with Crippen LogP contribution in [-0.4, -0.2) is 28.0 Å². The molecule has 0 aliphatic heterocycles. The number of aliphatic hydroxyl groups is 1. The van der Waals surface area contributed by atoms with Crippen molar-refractivity contribution in [3.05, 3.63) is 0 Å². The molecule has 0 heterocycles. The quantitative estimate of drug-likeness (QED) is 0.772. The highest BCUT2D eigenvalue weighted by Crippen LogP contribution is 2.27. The Morgan fingerprint density at radius 1 is 1.47 bits per heavy atom. The number of rotatable bonds is 4. The van der Waals surface area contributed by atoms with Crippen LogP contribution in [-0.2, 0) is 4.79 Å². The van der Waals surface area contributed by atoms with Crippen molar-refractivity contribution in [3.8, 4) is 0 Å². The summed E-state index contributed by atoms with van der Waals surface area (Å²) in [5, 5.41) is 13.0. The van der Waals surface area contributed by atoms with E-state index in [1.807, 2.05) is 6.92 Å². The molecular weight excluding hydrogens is 258 g/mol. The molecule has 1 fully saturated rings. The molecule has 0 aromatic heterocycles. The minimum absolute atomic E-state index is 0.0171. The Balaban J connectivity index is 2.31. The Labute approximate surface area is 99.8 Å². The van der Waals surface area contributed by atoms with E-state index in [2.05, 4.69) is 21.2 Å². The van der Waals surface area contributed by atoms with E-state index in [0.717, 1.165) is 32.1 Å². The van der Waals surface area contributed by atoms with E-state index >= 15 is 0 Å². The molecular formula is C11H20BrNO2. The zero-order valence-corrected chi connectivity index (χ0v) is 10.8. The highest BCUT2D eigenvalue weighted by Gasteiger charge is 2.29. The van der Waals surface area contributed by atoms with Crippen molar-refractivity contribution in [1.82, 2.24) is 5.32 Å². The average molecular weight is 278 g/mol. The van der Waals surface area contributed by atoms with Gasteiger partial charge in [0.25, 0.3) is 0 Å². The topological polar surface area (TPSA) is 49.3 Å². The summed E-state index contributed by atoms with van der Waals surface area (Å²) in [5.74, 6) is -0.0171. The number of halogens is 1. The van der Waals surface area contributed by atoms with Crippen molar-refractivity contribution in [1.29, 1.82) is 0 Å². The van der Waals surface area contributed by atoms with Gasteiger partial charge in [-0.3, -0.25) is 4.79 Å². The van der Waals surface area contributed by atoms with Gasteiger partial charge in [-0.2, -0.15) is 0 Å². The Morgan fingerprint density at radius 2 is 2.07 bits per heavy atom.